The van der Waals surface area contributed by atoms with Crippen LogP contribution in [0.4, 0.5) is 10.8 Å². The molecular weight excluding hydrogens is 382 g/mol. The van der Waals surface area contributed by atoms with E-state index in [2.05, 4.69) is 57.3 Å². The lowest BCUT2D eigenvalue weighted by Gasteiger charge is -2.16. The Labute approximate surface area is 173 Å². The Morgan fingerprint density at radius 3 is 2.79 bits per heavy atom. The predicted molar refractivity (Wildman–Crippen MR) is 118 cm³/mol. The average Bonchev–Trinajstić information content (AvgIpc) is 3.41. The van der Waals surface area contributed by atoms with Gasteiger partial charge >= 0.3 is 0 Å². The molecule has 2 N–H and O–H groups in total. The summed E-state index contributed by atoms with van der Waals surface area (Å²) in [5, 5.41) is 12.3. The van der Waals surface area contributed by atoms with E-state index in [9.17, 15) is 0 Å². The topological polar surface area (TPSA) is 72.1 Å². The van der Waals surface area contributed by atoms with Crippen molar-refractivity contribution in [2.75, 3.05) is 18.4 Å². The normalized spacial score (nSPS) is 14.4. The second-order valence-corrected chi connectivity index (χ2v) is 8.64. The molecule has 0 saturated heterocycles. The van der Waals surface area contributed by atoms with Gasteiger partial charge in [-0.15, -0.1) is 11.3 Å². The Balaban J connectivity index is 1.67. The van der Waals surface area contributed by atoms with Crippen molar-refractivity contribution in [2.45, 2.75) is 20.3 Å². The Hall–Kier alpha value is -2.97. The molecule has 0 bridgehead atoms. The second-order valence-electron chi connectivity index (χ2n) is 7.38. The molecule has 0 amide bonds. The highest BCUT2D eigenvalue weighted by molar-refractivity contribution is 7.16. The van der Waals surface area contributed by atoms with Crippen molar-refractivity contribution in [2.24, 2.45) is 7.05 Å². The smallest absolute Gasteiger partial charge is 0.181 e. The zero-order valence-electron chi connectivity index (χ0n) is 16.7. The zero-order valence-corrected chi connectivity index (χ0v) is 17.5. The van der Waals surface area contributed by atoms with E-state index < -0.39 is 0 Å². The Morgan fingerprint density at radius 2 is 2.10 bits per heavy atom. The fourth-order valence-corrected chi connectivity index (χ4v) is 4.52. The molecule has 0 atom stereocenters. The molecule has 0 spiro atoms. The maximum absolute atomic E-state index is 4.95. The van der Waals surface area contributed by atoms with Crippen LogP contribution in [-0.4, -0.2) is 37.2 Å². The van der Waals surface area contributed by atoms with Gasteiger partial charge in [0.2, 0.25) is 0 Å². The molecule has 4 aromatic rings. The highest BCUT2D eigenvalue weighted by atomic mass is 32.1. The van der Waals surface area contributed by atoms with Crippen LogP contribution in [-0.2, 0) is 7.05 Å². The maximum Gasteiger partial charge on any atom is 0.181 e. The number of rotatable bonds is 4. The van der Waals surface area contributed by atoms with E-state index in [0.29, 0.717) is 0 Å². The van der Waals surface area contributed by atoms with Crippen molar-refractivity contribution >= 4 is 33.4 Å². The van der Waals surface area contributed by atoms with E-state index in [1.807, 2.05) is 25.6 Å². The minimum Gasteiger partial charge on any atom is -0.329 e. The largest absolute Gasteiger partial charge is 0.329 e. The van der Waals surface area contributed by atoms with E-state index >= 15 is 0 Å². The van der Waals surface area contributed by atoms with Crippen molar-refractivity contribution < 1.29 is 0 Å². The van der Waals surface area contributed by atoms with Gasteiger partial charge in [0.25, 0.3) is 0 Å². The van der Waals surface area contributed by atoms with Crippen LogP contribution in [0.25, 0.3) is 22.5 Å². The quantitative estimate of drug-likeness (QED) is 0.538. The summed E-state index contributed by atoms with van der Waals surface area (Å²) in [5.74, 6) is 0.769. The lowest BCUT2D eigenvalue weighted by Crippen LogP contribution is -2.22. The Morgan fingerprint density at radius 1 is 1.21 bits per heavy atom. The molecule has 0 unspecified atom stereocenters. The monoisotopic (exact) mass is 405 g/mol. The van der Waals surface area contributed by atoms with Gasteiger partial charge in [0.1, 0.15) is 0 Å². The van der Waals surface area contributed by atoms with Crippen molar-refractivity contribution in [1.82, 2.24) is 29.5 Å². The minimum atomic E-state index is 0.769. The molecule has 0 radical (unpaired) electrons. The number of nitrogens with one attached hydrogen (secondary N) is 2. The van der Waals surface area contributed by atoms with E-state index in [0.717, 1.165) is 52.9 Å². The number of hydrogen-bond acceptors (Lipinski definition) is 6. The number of fused-ring (bicyclic) bond motifs is 1. The Bertz CT molecular complexity index is 1210. The molecule has 1 aliphatic heterocycles. The van der Waals surface area contributed by atoms with E-state index in [1.54, 1.807) is 16.0 Å². The average molecular weight is 406 g/mol. The number of aromatic nitrogens is 5. The summed E-state index contributed by atoms with van der Waals surface area (Å²) >= 11 is 1.74. The van der Waals surface area contributed by atoms with Crippen LogP contribution in [0.2, 0.25) is 0 Å². The zero-order chi connectivity index (χ0) is 20.0. The third-order valence-electron chi connectivity index (χ3n) is 5.26. The van der Waals surface area contributed by atoms with Gasteiger partial charge in [-0.25, -0.2) is 9.97 Å². The fraction of sp³-hybridized carbons (Fsp3) is 0.286. The molecular formula is C21H23N7S. The van der Waals surface area contributed by atoms with Crippen LogP contribution in [0.5, 0.6) is 0 Å². The van der Waals surface area contributed by atoms with Crippen molar-refractivity contribution in [3.8, 4) is 11.3 Å². The fourth-order valence-electron chi connectivity index (χ4n) is 3.58. The van der Waals surface area contributed by atoms with Gasteiger partial charge in [0.05, 0.1) is 28.8 Å². The molecule has 8 heteroatoms. The van der Waals surface area contributed by atoms with Gasteiger partial charge in [-0.05, 0) is 44.0 Å². The van der Waals surface area contributed by atoms with Crippen LogP contribution in [0.1, 0.15) is 22.6 Å². The summed E-state index contributed by atoms with van der Waals surface area (Å²) in [5.41, 5.74) is 6.29. The highest BCUT2D eigenvalue weighted by Crippen LogP contribution is 2.32. The molecule has 1 aliphatic rings. The summed E-state index contributed by atoms with van der Waals surface area (Å²) in [6.45, 7) is 6.10. The lowest BCUT2D eigenvalue weighted by molar-refractivity contribution is 0.737. The van der Waals surface area contributed by atoms with Gasteiger partial charge in [-0.2, -0.15) is 5.10 Å². The first-order chi connectivity index (χ1) is 14.1. The molecule has 0 fully saturated rings. The van der Waals surface area contributed by atoms with E-state index in [-0.39, 0.29) is 0 Å². The maximum atomic E-state index is 4.95. The molecule has 4 aromatic heterocycles. The molecule has 148 valence electrons. The Kier molecular flexibility index (Phi) is 4.44. The first-order valence-corrected chi connectivity index (χ1v) is 10.5. The van der Waals surface area contributed by atoms with E-state index in [4.69, 9.17) is 4.98 Å². The number of aryl methyl sites for hydroxylation is 3. The molecule has 5 heterocycles. The SMILES string of the molecule is Cc1cc(Nc2nc(C3=CCCNC3)cn3c(-c4cnn(C)c4)cnc23)sc1C. The third-order valence-corrected chi connectivity index (χ3v) is 6.32. The highest BCUT2D eigenvalue weighted by Gasteiger charge is 2.17. The van der Waals surface area contributed by atoms with Crippen LogP contribution in [0.3, 0.4) is 0 Å². The minimum absolute atomic E-state index is 0.769. The van der Waals surface area contributed by atoms with Crippen LogP contribution < -0.4 is 10.6 Å². The molecule has 29 heavy (non-hydrogen) atoms. The predicted octanol–water partition coefficient (Wildman–Crippen LogP) is 3.93. The molecule has 5 rings (SSSR count). The summed E-state index contributed by atoms with van der Waals surface area (Å²) in [6.07, 6.45) is 11.1. The van der Waals surface area contributed by atoms with Crippen LogP contribution in [0, 0.1) is 13.8 Å². The second kappa shape index (κ2) is 7.13. The van der Waals surface area contributed by atoms with Gasteiger partial charge in [0, 0.05) is 36.4 Å². The lowest BCUT2D eigenvalue weighted by atomic mass is 10.1. The number of anilines is 2. The van der Waals surface area contributed by atoms with Gasteiger partial charge in [0.15, 0.2) is 11.5 Å². The first kappa shape index (κ1) is 18.1. The van der Waals surface area contributed by atoms with Gasteiger partial charge in [-0.1, -0.05) is 6.08 Å². The first-order valence-electron chi connectivity index (χ1n) is 9.70. The molecule has 0 aromatic carbocycles. The van der Waals surface area contributed by atoms with Gasteiger partial charge < -0.3 is 10.6 Å². The number of imidazole rings is 1. The van der Waals surface area contributed by atoms with Crippen LogP contribution >= 0.6 is 11.3 Å². The van der Waals surface area contributed by atoms with Crippen molar-refractivity contribution in [1.29, 1.82) is 0 Å². The number of hydrogen-bond donors (Lipinski definition) is 2. The molecule has 0 aliphatic carbocycles. The number of thiophene rings is 1. The summed E-state index contributed by atoms with van der Waals surface area (Å²) in [6, 6.07) is 2.16. The third kappa shape index (κ3) is 3.34. The number of nitrogens with zero attached hydrogens (tertiary/aromatic N) is 5. The molecule has 0 saturated carbocycles. The van der Waals surface area contributed by atoms with Crippen molar-refractivity contribution in [3.05, 3.63) is 53.1 Å². The van der Waals surface area contributed by atoms with Gasteiger partial charge in [-0.3, -0.25) is 9.08 Å². The standard InChI is InChI=1S/C21H23N7S/c1-13-7-19(29-14(13)2)26-20-21-23-10-18(16-9-24-27(3)11-16)28(21)12-17(25-20)15-5-4-6-22-8-15/h5,7,9-12,22H,4,6,8H2,1-3H3,(H,25,26). The van der Waals surface area contributed by atoms with E-state index in [1.165, 1.54) is 16.0 Å². The molecule has 7 nitrogen and oxygen atoms in total. The summed E-state index contributed by atoms with van der Waals surface area (Å²) in [4.78, 5) is 10.9. The van der Waals surface area contributed by atoms with Crippen LogP contribution in [0.15, 0.2) is 36.9 Å². The summed E-state index contributed by atoms with van der Waals surface area (Å²) in [7, 11) is 1.92. The summed E-state index contributed by atoms with van der Waals surface area (Å²) < 4.78 is 3.92. The van der Waals surface area contributed by atoms with Crippen molar-refractivity contribution in [3.63, 3.8) is 0 Å².